The lowest BCUT2D eigenvalue weighted by atomic mass is 9.81. The number of rotatable bonds is 1. The number of amides is 1. The summed E-state index contributed by atoms with van der Waals surface area (Å²) >= 11 is 0. The second kappa shape index (κ2) is 11.0. The van der Waals surface area contributed by atoms with Crippen LogP contribution in [0.5, 0.6) is 5.75 Å². The average Bonchev–Trinajstić information content (AvgIpc) is 3.26. The van der Waals surface area contributed by atoms with Crippen molar-refractivity contribution >= 4 is 27.0 Å². The first-order valence-electron chi connectivity index (χ1n) is 14.7. The molecule has 1 fully saturated rings. The number of nitrogens with zero attached hydrogens (tertiary/aromatic N) is 3. The molecule has 4 bridgehead atoms. The van der Waals surface area contributed by atoms with Crippen LogP contribution in [-0.4, -0.2) is 74.1 Å². The summed E-state index contributed by atoms with van der Waals surface area (Å²) in [6.07, 6.45) is 6.48. The molecule has 3 aliphatic rings. The molecule has 1 aromatic heterocycles. The van der Waals surface area contributed by atoms with Crippen LogP contribution in [0.4, 0.5) is 4.39 Å². The van der Waals surface area contributed by atoms with E-state index in [0.717, 1.165) is 52.1 Å². The van der Waals surface area contributed by atoms with Crippen molar-refractivity contribution in [2.45, 2.75) is 63.1 Å². The van der Waals surface area contributed by atoms with E-state index in [1.54, 1.807) is 12.1 Å². The number of hydrogen-bond acceptors (Lipinski definition) is 5. The Kier molecular flexibility index (Phi) is 7.59. The first-order valence-corrected chi connectivity index (χ1v) is 16.1. The molecule has 6 rings (SSSR count). The quantitative estimate of drug-likeness (QED) is 0.432. The van der Waals surface area contributed by atoms with E-state index in [1.165, 1.54) is 19.0 Å². The van der Waals surface area contributed by atoms with Gasteiger partial charge >= 0.3 is 10.2 Å². The van der Waals surface area contributed by atoms with Gasteiger partial charge in [0.05, 0.1) is 12.2 Å². The molecule has 3 heterocycles. The fourth-order valence-electron chi connectivity index (χ4n) is 6.72. The number of likely N-dealkylation sites (N-methyl/N-ethyl adjacent to an activating group) is 2. The summed E-state index contributed by atoms with van der Waals surface area (Å²) < 4.78 is 54.6. The van der Waals surface area contributed by atoms with Gasteiger partial charge in [-0.15, -0.1) is 0 Å². The van der Waals surface area contributed by atoms with Gasteiger partial charge in [0.2, 0.25) is 0 Å². The minimum absolute atomic E-state index is 0.0627. The van der Waals surface area contributed by atoms with Crippen LogP contribution in [0.3, 0.4) is 0 Å². The Labute approximate surface area is 241 Å². The van der Waals surface area contributed by atoms with Crippen molar-refractivity contribution in [2.24, 2.45) is 0 Å². The predicted octanol–water partition coefficient (Wildman–Crippen LogP) is 5.09. The topological polar surface area (TPSA) is 83.9 Å². The average molecular weight is 583 g/mol. The van der Waals surface area contributed by atoms with Crippen molar-refractivity contribution in [2.75, 3.05) is 40.3 Å². The highest BCUT2D eigenvalue weighted by Crippen LogP contribution is 2.48. The molecule has 0 radical (unpaired) electrons. The monoisotopic (exact) mass is 582 g/mol. The zero-order valence-electron chi connectivity index (χ0n) is 23.9. The van der Waals surface area contributed by atoms with Crippen molar-refractivity contribution in [3.63, 3.8) is 0 Å². The molecule has 0 spiro atoms. The van der Waals surface area contributed by atoms with Gasteiger partial charge in [-0.2, -0.15) is 12.7 Å². The molecular weight excluding hydrogens is 543 g/mol. The summed E-state index contributed by atoms with van der Waals surface area (Å²) in [6, 6.07) is 13.2. The van der Waals surface area contributed by atoms with Crippen LogP contribution in [0.15, 0.2) is 42.5 Å². The molecule has 1 saturated carbocycles. The minimum Gasteiger partial charge on any atom is -0.489 e. The van der Waals surface area contributed by atoms with E-state index in [1.807, 2.05) is 46.8 Å². The van der Waals surface area contributed by atoms with Gasteiger partial charge in [-0.05, 0) is 75.0 Å². The molecule has 2 aromatic carbocycles. The highest BCUT2D eigenvalue weighted by atomic mass is 32.2. The van der Waals surface area contributed by atoms with Crippen molar-refractivity contribution < 1.29 is 22.3 Å². The number of alkyl halides is 1. The Hall–Kier alpha value is -2.95. The molecule has 1 unspecified atom stereocenters. The van der Waals surface area contributed by atoms with Crippen LogP contribution in [0, 0.1) is 0 Å². The first kappa shape index (κ1) is 28.2. The van der Waals surface area contributed by atoms with Crippen molar-refractivity contribution in [3.8, 4) is 17.0 Å². The zero-order valence-corrected chi connectivity index (χ0v) is 24.7. The summed E-state index contributed by atoms with van der Waals surface area (Å²) in [7, 11) is -0.677. The molecule has 1 aliphatic carbocycles. The van der Waals surface area contributed by atoms with Crippen LogP contribution >= 0.6 is 0 Å². The number of carbonyl (C=O) groups is 1. The Morgan fingerprint density at radius 2 is 1.78 bits per heavy atom. The largest absolute Gasteiger partial charge is 0.489 e. The Morgan fingerprint density at radius 1 is 1.00 bits per heavy atom. The molecule has 1 amide bonds. The summed E-state index contributed by atoms with van der Waals surface area (Å²) in [4.78, 5) is 15.3. The number of para-hydroxylation sites is 1. The molecule has 8 nitrogen and oxygen atoms in total. The van der Waals surface area contributed by atoms with E-state index >= 15 is 4.39 Å². The molecule has 41 heavy (non-hydrogen) atoms. The summed E-state index contributed by atoms with van der Waals surface area (Å²) in [6.45, 7) is 1.30. The predicted molar refractivity (Wildman–Crippen MR) is 158 cm³/mol. The van der Waals surface area contributed by atoms with E-state index in [9.17, 15) is 13.2 Å². The van der Waals surface area contributed by atoms with Crippen molar-refractivity contribution in [3.05, 3.63) is 53.6 Å². The standard InChI is InChI=1S/C31H39FN4O4S/c1-34-16-8-15-31(32)20-36-26-19-23(30(37)33-41(38,39)35(2)18-17-34)13-14-24(26)28(22-9-4-3-5-10-22)29(36)25-11-6-7-12-27(25)40-21-31/h6-7,11-14,19,22H,3-5,8-10,15-18,20-21H2,1-2H3,(H,33,37). The fourth-order valence-corrected chi connectivity index (χ4v) is 7.55. The van der Waals surface area contributed by atoms with Crippen LogP contribution in [-0.2, 0) is 16.8 Å². The van der Waals surface area contributed by atoms with Gasteiger partial charge in [-0.25, -0.2) is 9.11 Å². The SMILES string of the molecule is CN1CCCC2(F)COc3ccccc3-c3c(C4CCCCC4)c4ccc(cc4n3C2)C(=O)NS(=O)(=O)N(C)CC1. The maximum atomic E-state index is 17.0. The lowest BCUT2D eigenvalue weighted by molar-refractivity contribution is 0.0536. The van der Waals surface area contributed by atoms with E-state index in [4.69, 9.17) is 4.74 Å². The Bertz CT molecular complexity index is 1570. The molecular formula is C31H39FN4O4S. The fraction of sp³-hybridized carbons (Fsp3) is 0.516. The number of carbonyl (C=O) groups excluding carboxylic acids is 1. The van der Waals surface area contributed by atoms with E-state index in [2.05, 4.69) is 4.72 Å². The van der Waals surface area contributed by atoms with Gasteiger partial charge in [0.25, 0.3) is 5.91 Å². The van der Waals surface area contributed by atoms with E-state index in [0.29, 0.717) is 37.6 Å². The maximum absolute atomic E-state index is 17.0. The van der Waals surface area contributed by atoms with Crippen molar-refractivity contribution in [1.29, 1.82) is 0 Å². The van der Waals surface area contributed by atoms with Gasteiger partial charge in [0.15, 0.2) is 5.67 Å². The molecule has 1 N–H and O–H groups in total. The van der Waals surface area contributed by atoms with Crippen LogP contribution in [0.2, 0.25) is 0 Å². The number of nitrogens with one attached hydrogen (secondary N) is 1. The summed E-state index contributed by atoms with van der Waals surface area (Å²) in [5.41, 5.74) is 2.40. The molecule has 0 saturated heterocycles. The summed E-state index contributed by atoms with van der Waals surface area (Å²) in [5.74, 6) is 0.268. The number of ether oxygens (including phenoxy) is 1. The first-order chi connectivity index (χ1) is 19.7. The maximum Gasteiger partial charge on any atom is 0.303 e. The molecule has 2 aliphatic heterocycles. The highest BCUT2D eigenvalue weighted by Gasteiger charge is 2.38. The van der Waals surface area contributed by atoms with Crippen LogP contribution in [0.25, 0.3) is 22.2 Å². The zero-order chi connectivity index (χ0) is 28.8. The second-order valence-electron chi connectivity index (χ2n) is 12.0. The lowest BCUT2D eigenvalue weighted by Crippen LogP contribution is -2.44. The number of aromatic nitrogens is 1. The number of hydrogen-bond donors (Lipinski definition) is 1. The van der Waals surface area contributed by atoms with Gasteiger partial charge < -0.3 is 14.2 Å². The minimum atomic E-state index is -4.03. The number of fused-ring (bicyclic) bond motifs is 4. The number of benzene rings is 2. The lowest BCUT2D eigenvalue weighted by Gasteiger charge is -2.32. The Balaban J connectivity index is 1.58. The van der Waals surface area contributed by atoms with E-state index < -0.39 is 21.8 Å². The molecule has 220 valence electrons. The molecule has 1 atom stereocenters. The third-order valence-corrected chi connectivity index (χ3v) is 10.5. The van der Waals surface area contributed by atoms with E-state index in [-0.39, 0.29) is 25.3 Å². The third kappa shape index (κ3) is 5.49. The van der Waals surface area contributed by atoms with Gasteiger partial charge in [0, 0.05) is 42.2 Å². The van der Waals surface area contributed by atoms with Crippen LogP contribution < -0.4 is 9.46 Å². The van der Waals surface area contributed by atoms with Gasteiger partial charge in [-0.3, -0.25) is 4.79 Å². The second-order valence-corrected chi connectivity index (χ2v) is 13.8. The van der Waals surface area contributed by atoms with Gasteiger partial charge in [-0.1, -0.05) is 37.5 Å². The molecule has 10 heteroatoms. The van der Waals surface area contributed by atoms with Gasteiger partial charge in [0.1, 0.15) is 12.4 Å². The summed E-state index contributed by atoms with van der Waals surface area (Å²) in [5, 5.41) is 0.989. The number of halogens is 1. The highest BCUT2D eigenvalue weighted by molar-refractivity contribution is 7.87. The normalized spacial score (nSPS) is 24.9. The molecule has 3 aromatic rings. The smallest absolute Gasteiger partial charge is 0.303 e. The third-order valence-electron chi connectivity index (χ3n) is 9.04. The van der Waals surface area contributed by atoms with Crippen LogP contribution in [0.1, 0.15) is 66.8 Å². The Morgan fingerprint density at radius 3 is 2.59 bits per heavy atom. The van der Waals surface area contributed by atoms with Crippen molar-refractivity contribution in [1.82, 2.24) is 18.5 Å².